The fourth-order valence-corrected chi connectivity index (χ4v) is 3.36. The predicted octanol–water partition coefficient (Wildman–Crippen LogP) is 5.46. The number of nitrogens with one attached hydrogen (secondary N) is 1. The van der Waals surface area contributed by atoms with Crippen molar-refractivity contribution in [2.75, 3.05) is 0 Å². The van der Waals surface area contributed by atoms with Gasteiger partial charge < -0.3 is 10.4 Å². The molecule has 1 aromatic heterocycles. The van der Waals surface area contributed by atoms with Crippen LogP contribution in [-0.4, -0.2) is 16.0 Å². The van der Waals surface area contributed by atoms with Crippen LogP contribution in [0, 0.1) is 0 Å². The van der Waals surface area contributed by atoms with Crippen molar-refractivity contribution in [3.63, 3.8) is 0 Å². The molecule has 2 aromatic carbocycles. The molecule has 4 nitrogen and oxygen atoms in total. The Morgan fingerprint density at radius 1 is 1.07 bits per heavy atom. The quantitative estimate of drug-likeness (QED) is 0.575. The third-order valence-electron chi connectivity index (χ3n) is 5.09. The molecule has 1 atom stereocenters. The van der Waals surface area contributed by atoms with Crippen molar-refractivity contribution in [2.24, 2.45) is 0 Å². The van der Waals surface area contributed by atoms with Crippen LogP contribution in [-0.2, 0) is 4.79 Å². The van der Waals surface area contributed by atoms with Gasteiger partial charge in [0.2, 0.25) is 5.91 Å². The number of aromatic hydroxyl groups is 1. The van der Waals surface area contributed by atoms with E-state index in [2.05, 4.69) is 43.2 Å². The second-order valence-electron chi connectivity index (χ2n) is 7.50. The molecule has 0 spiro atoms. The van der Waals surface area contributed by atoms with Crippen molar-refractivity contribution in [3.05, 3.63) is 71.4 Å². The number of hydrogen-bond donors (Lipinski definition) is 2. The van der Waals surface area contributed by atoms with E-state index >= 15 is 0 Å². The van der Waals surface area contributed by atoms with Gasteiger partial charge >= 0.3 is 0 Å². The molecule has 0 aliphatic heterocycles. The summed E-state index contributed by atoms with van der Waals surface area (Å²) in [6.07, 6.45) is 3.95. The van der Waals surface area contributed by atoms with Gasteiger partial charge in [0.05, 0.1) is 6.04 Å². The van der Waals surface area contributed by atoms with E-state index in [1.54, 1.807) is 6.20 Å². The van der Waals surface area contributed by atoms with Crippen molar-refractivity contribution in [3.8, 4) is 5.75 Å². The minimum absolute atomic E-state index is 0.0136. The molecular weight excluding hydrogens is 348 g/mol. The maximum atomic E-state index is 12.5. The number of fused-ring (bicyclic) bond motifs is 1. The Morgan fingerprint density at radius 3 is 2.46 bits per heavy atom. The van der Waals surface area contributed by atoms with Crippen LogP contribution < -0.4 is 5.32 Å². The van der Waals surface area contributed by atoms with Gasteiger partial charge in [-0.1, -0.05) is 69.7 Å². The van der Waals surface area contributed by atoms with Gasteiger partial charge in [-0.25, -0.2) is 0 Å². The summed E-state index contributed by atoms with van der Waals surface area (Å²) in [7, 11) is 0. The monoisotopic (exact) mass is 376 g/mol. The molecular formula is C24H28N2O2. The van der Waals surface area contributed by atoms with Gasteiger partial charge in [0.25, 0.3) is 0 Å². The standard InChI is InChI=1S/C24H28N2O2/c1-4-5-8-21(27)26-22(19-11-9-17(10-12-19)16(2)3)20-14-13-18-7-6-15-25-23(18)24(20)28/h6-7,9-16,22,28H,4-5,8H2,1-3H3,(H,26,27)/t22-/m1/s1. The van der Waals surface area contributed by atoms with Crippen molar-refractivity contribution < 1.29 is 9.90 Å². The minimum atomic E-state index is -0.419. The Bertz CT molecular complexity index is 948. The maximum Gasteiger partial charge on any atom is 0.220 e. The summed E-state index contributed by atoms with van der Waals surface area (Å²) in [5.41, 5.74) is 3.39. The van der Waals surface area contributed by atoms with Crippen LogP contribution in [0.4, 0.5) is 0 Å². The van der Waals surface area contributed by atoms with E-state index in [9.17, 15) is 9.90 Å². The van der Waals surface area contributed by atoms with E-state index in [1.165, 1.54) is 5.56 Å². The topological polar surface area (TPSA) is 62.2 Å². The molecule has 0 aliphatic rings. The highest BCUT2D eigenvalue weighted by Gasteiger charge is 2.21. The van der Waals surface area contributed by atoms with Crippen molar-refractivity contribution in [2.45, 2.75) is 52.0 Å². The first kappa shape index (κ1) is 19.9. The molecule has 28 heavy (non-hydrogen) atoms. The maximum absolute atomic E-state index is 12.5. The summed E-state index contributed by atoms with van der Waals surface area (Å²) in [5.74, 6) is 0.539. The molecule has 0 fully saturated rings. The van der Waals surface area contributed by atoms with Gasteiger partial charge in [0.1, 0.15) is 11.3 Å². The number of phenolic OH excluding ortho intramolecular Hbond substituents is 1. The molecule has 3 aromatic rings. The van der Waals surface area contributed by atoms with E-state index in [-0.39, 0.29) is 11.7 Å². The van der Waals surface area contributed by atoms with Crippen LogP contribution in [0.2, 0.25) is 0 Å². The number of amides is 1. The average molecular weight is 377 g/mol. The Hall–Kier alpha value is -2.88. The van der Waals surface area contributed by atoms with E-state index in [0.29, 0.717) is 23.4 Å². The first-order valence-corrected chi connectivity index (χ1v) is 9.97. The van der Waals surface area contributed by atoms with Crippen molar-refractivity contribution in [1.82, 2.24) is 10.3 Å². The van der Waals surface area contributed by atoms with Crippen LogP contribution in [0.3, 0.4) is 0 Å². The van der Waals surface area contributed by atoms with E-state index < -0.39 is 6.04 Å². The number of carbonyl (C=O) groups is 1. The average Bonchev–Trinajstić information content (AvgIpc) is 2.71. The van der Waals surface area contributed by atoms with Gasteiger partial charge in [-0.3, -0.25) is 9.78 Å². The van der Waals surface area contributed by atoms with E-state index in [4.69, 9.17) is 0 Å². The zero-order chi connectivity index (χ0) is 20.1. The number of pyridine rings is 1. The predicted molar refractivity (Wildman–Crippen MR) is 113 cm³/mol. The lowest BCUT2D eigenvalue weighted by molar-refractivity contribution is -0.121. The zero-order valence-electron chi connectivity index (χ0n) is 16.8. The number of hydrogen-bond acceptors (Lipinski definition) is 3. The molecule has 4 heteroatoms. The molecule has 0 saturated heterocycles. The fourth-order valence-electron chi connectivity index (χ4n) is 3.36. The van der Waals surface area contributed by atoms with E-state index in [1.807, 2.05) is 36.4 Å². The Balaban J connectivity index is 2.03. The van der Waals surface area contributed by atoms with Crippen LogP contribution in [0.15, 0.2) is 54.7 Å². The highest BCUT2D eigenvalue weighted by atomic mass is 16.3. The molecule has 0 bridgehead atoms. The highest BCUT2D eigenvalue weighted by molar-refractivity contribution is 5.86. The Kier molecular flexibility index (Phi) is 6.30. The van der Waals surface area contributed by atoms with Crippen LogP contribution in [0.1, 0.15) is 68.7 Å². The summed E-state index contributed by atoms with van der Waals surface area (Å²) >= 11 is 0. The van der Waals surface area contributed by atoms with Crippen LogP contribution in [0.25, 0.3) is 10.9 Å². The number of nitrogens with zero attached hydrogens (tertiary/aromatic N) is 1. The SMILES string of the molecule is CCCCC(=O)N[C@H](c1ccc(C(C)C)cc1)c1ccc2cccnc2c1O. The second-order valence-corrected chi connectivity index (χ2v) is 7.50. The molecule has 0 saturated carbocycles. The lowest BCUT2D eigenvalue weighted by Gasteiger charge is -2.22. The summed E-state index contributed by atoms with van der Waals surface area (Å²) in [6.45, 7) is 6.37. The number of phenols is 1. The second kappa shape index (κ2) is 8.87. The van der Waals surface area contributed by atoms with Crippen LogP contribution >= 0.6 is 0 Å². The van der Waals surface area contributed by atoms with Crippen LogP contribution in [0.5, 0.6) is 5.75 Å². The molecule has 2 N–H and O–H groups in total. The summed E-state index contributed by atoms with van der Waals surface area (Å²) in [6, 6.07) is 15.4. The molecule has 0 radical (unpaired) electrons. The van der Waals surface area contributed by atoms with Gasteiger partial charge in [-0.05, 0) is 29.5 Å². The fraction of sp³-hybridized carbons (Fsp3) is 0.333. The summed E-state index contributed by atoms with van der Waals surface area (Å²) in [5, 5.41) is 14.9. The molecule has 0 aliphatic carbocycles. The molecule has 3 rings (SSSR count). The van der Waals surface area contributed by atoms with E-state index in [0.717, 1.165) is 23.8 Å². The first-order chi connectivity index (χ1) is 13.5. The van der Waals surface area contributed by atoms with Crippen molar-refractivity contribution in [1.29, 1.82) is 0 Å². The van der Waals surface area contributed by atoms with Gasteiger partial charge in [-0.2, -0.15) is 0 Å². The van der Waals surface area contributed by atoms with Crippen molar-refractivity contribution >= 4 is 16.8 Å². The smallest absolute Gasteiger partial charge is 0.220 e. The van der Waals surface area contributed by atoms with Gasteiger partial charge in [-0.15, -0.1) is 0 Å². The lowest BCUT2D eigenvalue weighted by atomic mass is 9.93. The summed E-state index contributed by atoms with van der Waals surface area (Å²) in [4.78, 5) is 16.8. The normalized spacial score (nSPS) is 12.3. The number of benzene rings is 2. The first-order valence-electron chi connectivity index (χ1n) is 9.97. The largest absolute Gasteiger partial charge is 0.505 e. The third kappa shape index (κ3) is 4.33. The molecule has 1 heterocycles. The minimum Gasteiger partial charge on any atom is -0.505 e. The van der Waals surface area contributed by atoms with Gasteiger partial charge in [0, 0.05) is 23.6 Å². The molecule has 1 amide bonds. The van der Waals surface area contributed by atoms with Gasteiger partial charge in [0.15, 0.2) is 0 Å². The Labute approximate surface area is 166 Å². The molecule has 0 unspecified atom stereocenters. The number of rotatable bonds is 7. The lowest BCUT2D eigenvalue weighted by Crippen LogP contribution is -2.29. The Morgan fingerprint density at radius 2 is 1.79 bits per heavy atom. The highest BCUT2D eigenvalue weighted by Crippen LogP contribution is 2.35. The molecule has 146 valence electrons. The third-order valence-corrected chi connectivity index (χ3v) is 5.09. The number of aromatic nitrogens is 1. The zero-order valence-corrected chi connectivity index (χ0v) is 16.8. The number of carbonyl (C=O) groups excluding carboxylic acids is 1. The number of unbranched alkanes of at least 4 members (excludes halogenated alkanes) is 1. The summed E-state index contributed by atoms with van der Waals surface area (Å²) < 4.78 is 0.